The van der Waals surface area contributed by atoms with Crippen molar-refractivity contribution in [2.45, 2.75) is 5.54 Å². The van der Waals surface area contributed by atoms with E-state index in [1.807, 2.05) is 67.1 Å². The third-order valence-electron chi connectivity index (χ3n) is 5.68. The van der Waals surface area contributed by atoms with Crippen molar-refractivity contribution < 1.29 is 4.79 Å². The van der Waals surface area contributed by atoms with Crippen LogP contribution in [-0.2, 0) is 5.54 Å². The third kappa shape index (κ3) is 3.20. The molecule has 0 aliphatic rings. The molecular formula is C27H20N4O. The molecule has 0 unspecified atom stereocenters. The van der Waals surface area contributed by atoms with Crippen LogP contribution in [-0.4, -0.2) is 25.8 Å². The van der Waals surface area contributed by atoms with Crippen molar-refractivity contribution in [2.75, 3.05) is 0 Å². The molecule has 0 saturated heterocycles. The Morgan fingerprint density at radius 1 is 0.719 bits per heavy atom. The van der Waals surface area contributed by atoms with Crippen LogP contribution in [0.2, 0.25) is 0 Å². The summed E-state index contributed by atoms with van der Waals surface area (Å²) >= 11 is 0. The summed E-state index contributed by atoms with van der Waals surface area (Å²) in [6.45, 7) is 0. The van der Waals surface area contributed by atoms with Gasteiger partial charge in [-0.15, -0.1) is 0 Å². The van der Waals surface area contributed by atoms with E-state index in [2.05, 4.69) is 55.9 Å². The van der Waals surface area contributed by atoms with Gasteiger partial charge in [0.25, 0.3) is 0 Å². The number of nitrogens with zero attached hydrogens (tertiary/aromatic N) is 4. The number of hydrogen-bond donors (Lipinski definition) is 0. The zero-order valence-electron chi connectivity index (χ0n) is 17.2. The van der Waals surface area contributed by atoms with Crippen LogP contribution in [0, 0.1) is 0 Å². The Morgan fingerprint density at radius 2 is 1.25 bits per heavy atom. The molecule has 0 N–H and O–H groups in total. The maximum absolute atomic E-state index is 11.5. The fourth-order valence-electron chi connectivity index (χ4n) is 4.26. The number of carbonyl (C=O) groups is 1. The van der Waals surface area contributed by atoms with Crippen LogP contribution in [0.25, 0.3) is 11.3 Å². The summed E-state index contributed by atoms with van der Waals surface area (Å²) in [5.74, 6) is 0. The van der Waals surface area contributed by atoms with Crippen LogP contribution in [0.3, 0.4) is 0 Å². The van der Waals surface area contributed by atoms with Crippen molar-refractivity contribution in [1.82, 2.24) is 19.5 Å². The molecule has 0 saturated carbocycles. The number of aromatic nitrogens is 4. The predicted octanol–water partition coefficient (Wildman–Crippen LogP) is 4.99. The molecule has 0 aliphatic carbocycles. The van der Waals surface area contributed by atoms with Gasteiger partial charge in [0.05, 0.1) is 12.0 Å². The molecule has 5 aromatic rings. The molecule has 154 valence electrons. The maximum Gasteiger partial charge on any atom is 0.169 e. The van der Waals surface area contributed by atoms with Crippen molar-refractivity contribution in [3.63, 3.8) is 0 Å². The number of imidazole rings is 1. The fraction of sp³-hybridized carbons (Fsp3) is 0.0370. The molecule has 0 amide bonds. The molecule has 2 heterocycles. The van der Waals surface area contributed by atoms with E-state index in [9.17, 15) is 4.79 Å². The van der Waals surface area contributed by atoms with E-state index in [4.69, 9.17) is 0 Å². The Bertz CT molecular complexity index is 1240. The molecule has 0 radical (unpaired) electrons. The second-order valence-corrected chi connectivity index (χ2v) is 7.41. The lowest BCUT2D eigenvalue weighted by atomic mass is 9.77. The molecule has 0 atom stereocenters. The molecule has 0 bridgehead atoms. The Labute approximate surface area is 186 Å². The minimum atomic E-state index is -0.661. The van der Waals surface area contributed by atoms with Gasteiger partial charge in [0.15, 0.2) is 6.29 Å². The van der Waals surface area contributed by atoms with Gasteiger partial charge >= 0.3 is 0 Å². The summed E-state index contributed by atoms with van der Waals surface area (Å²) in [5, 5.41) is 0. The molecule has 0 fully saturated rings. The molecule has 3 aromatic carbocycles. The van der Waals surface area contributed by atoms with Crippen LogP contribution in [0.1, 0.15) is 27.2 Å². The molecule has 5 rings (SSSR count). The molecule has 0 spiro atoms. The molecule has 5 heteroatoms. The van der Waals surface area contributed by atoms with Gasteiger partial charge in [-0.3, -0.25) is 4.79 Å². The molecule has 5 nitrogen and oxygen atoms in total. The summed E-state index contributed by atoms with van der Waals surface area (Å²) in [6, 6.07) is 31.1. The summed E-state index contributed by atoms with van der Waals surface area (Å²) in [6.07, 6.45) is 7.49. The first-order chi connectivity index (χ1) is 15.8. The van der Waals surface area contributed by atoms with E-state index in [1.54, 1.807) is 6.20 Å². The Morgan fingerprint density at radius 3 is 1.75 bits per heavy atom. The van der Waals surface area contributed by atoms with E-state index in [0.29, 0.717) is 17.0 Å². The number of benzene rings is 3. The van der Waals surface area contributed by atoms with Gasteiger partial charge < -0.3 is 4.57 Å². The minimum Gasteiger partial charge on any atom is -0.318 e. The standard InChI is InChI=1S/C27H20N4O/c32-18-26-24(16-28-19-29-26)25-17-31(20-30-25)27(21-10-4-1-5-11-21,22-12-6-2-7-13-22)23-14-8-3-9-15-23/h1-20H. The normalized spacial score (nSPS) is 11.2. The quantitative estimate of drug-likeness (QED) is 0.289. The van der Waals surface area contributed by atoms with Crippen molar-refractivity contribution in [3.8, 4) is 11.3 Å². The van der Waals surface area contributed by atoms with Crippen LogP contribution in [0.15, 0.2) is 116 Å². The topological polar surface area (TPSA) is 60.7 Å². The van der Waals surface area contributed by atoms with Gasteiger partial charge in [-0.25, -0.2) is 15.0 Å². The van der Waals surface area contributed by atoms with Crippen LogP contribution >= 0.6 is 0 Å². The van der Waals surface area contributed by atoms with Crippen molar-refractivity contribution in [1.29, 1.82) is 0 Å². The highest BCUT2D eigenvalue weighted by Gasteiger charge is 2.38. The van der Waals surface area contributed by atoms with E-state index in [1.165, 1.54) is 6.33 Å². The smallest absolute Gasteiger partial charge is 0.169 e. The number of rotatable bonds is 6. The van der Waals surface area contributed by atoms with E-state index < -0.39 is 5.54 Å². The lowest BCUT2D eigenvalue weighted by Gasteiger charge is -2.37. The van der Waals surface area contributed by atoms with Crippen molar-refractivity contribution in [3.05, 3.63) is 138 Å². The summed E-state index contributed by atoms with van der Waals surface area (Å²) in [5.41, 5.74) is 4.19. The van der Waals surface area contributed by atoms with Gasteiger partial charge in [-0.05, 0) is 16.7 Å². The zero-order chi connectivity index (χ0) is 21.8. The minimum absolute atomic E-state index is 0.315. The number of carbonyl (C=O) groups excluding carboxylic acids is 1. The van der Waals surface area contributed by atoms with Gasteiger partial charge in [0, 0.05) is 18.0 Å². The Hall–Kier alpha value is -4.38. The monoisotopic (exact) mass is 416 g/mol. The van der Waals surface area contributed by atoms with Gasteiger partial charge in [0.1, 0.15) is 17.6 Å². The molecule has 2 aromatic heterocycles. The first-order valence-electron chi connectivity index (χ1n) is 10.3. The summed E-state index contributed by atoms with van der Waals surface area (Å²) < 4.78 is 2.10. The molecule has 0 aliphatic heterocycles. The average molecular weight is 416 g/mol. The maximum atomic E-state index is 11.5. The first kappa shape index (κ1) is 19.6. The molecular weight excluding hydrogens is 396 g/mol. The van der Waals surface area contributed by atoms with Crippen LogP contribution in [0.5, 0.6) is 0 Å². The van der Waals surface area contributed by atoms with Gasteiger partial charge in [0.2, 0.25) is 0 Å². The zero-order valence-corrected chi connectivity index (χ0v) is 17.2. The number of aldehydes is 1. The van der Waals surface area contributed by atoms with Crippen molar-refractivity contribution in [2.24, 2.45) is 0 Å². The Kier molecular flexibility index (Phi) is 5.14. The predicted molar refractivity (Wildman–Crippen MR) is 123 cm³/mol. The highest BCUT2D eigenvalue weighted by Crippen LogP contribution is 2.41. The number of hydrogen-bond acceptors (Lipinski definition) is 4. The second kappa shape index (κ2) is 8.40. The Balaban J connectivity index is 1.82. The van der Waals surface area contributed by atoms with Gasteiger partial charge in [-0.2, -0.15) is 0 Å². The summed E-state index contributed by atoms with van der Waals surface area (Å²) in [4.78, 5) is 24.4. The highest BCUT2D eigenvalue weighted by atomic mass is 16.1. The van der Waals surface area contributed by atoms with Gasteiger partial charge in [-0.1, -0.05) is 91.0 Å². The fourth-order valence-corrected chi connectivity index (χ4v) is 4.26. The SMILES string of the molecule is O=Cc1ncncc1-c1cn(C(c2ccccc2)(c2ccccc2)c2ccccc2)cn1. The van der Waals surface area contributed by atoms with E-state index in [-0.39, 0.29) is 0 Å². The van der Waals surface area contributed by atoms with Crippen LogP contribution < -0.4 is 0 Å². The first-order valence-corrected chi connectivity index (χ1v) is 10.3. The second-order valence-electron chi connectivity index (χ2n) is 7.41. The lowest BCUT2D eigenvalue weighted by molar-refractivity contribution is 0.111. The van der Waals surface area contributed by atoms with Crippen molar-refractivity contribution >= 4 is 6.29 Å². The van der Waals surface area contributed by atoms with Crippen LogP contribution in [0.4, 0.5) is 0 Å². The lowest BCUT2D eigenvalue weighted by Crippen LogP contribution is -2.36. The average Bonchev–Trinajstić information content (AvgIpc) is 3.37. The third-order valence-corrected chi connectivity index (χ3v) is 5.68. The van der Waals surface area contributed by atoms with E-state index >= 15 is 0 Å². The largest absolute Gasteiger partial charge is 0.318 e. The van der Waals surface area contributed by atoms with E-state index in [0.717, 1.165) is 23.0 Å². The highest BCUT2D eigenvalue weighted by molar-refractivity contribution is 5.83. The summed E-state index contributed by atoms with van der Waals surface area (Å²) in [7, 11) is 0. The molecule has 32 heavy (non-hydrogen) atoms.